The number of ketones is 1. The van der Waals surface area contributed by atoms with E-state index in [1.165, 1.54) is 0 Å². The van der Waals surface area contributed by atoms with Crippen molar-refractivity contribution < 1.29 is 14.3 Å². The van der Waals surface area contributed by atoms with Gasteiger partial charge in [-0.2, -0.15) is 0 Å². The fourth-order valence-corrected chi connectivity index (χ4v) is 2.77. The Kier molecular flexibility index (Phi) is 3.67. The van der Waals surface area contributed by atoms with Gasteiger partial charge in [0.1, 0.15) is 5.57 Å². The molecule has 0 bridgehead atoms. The van der Waals surface area contributed by atoms with Crippen molar-refractivity contribution in [3.8, 4) is 0 Å². The van der Waals surface area contributed by atoms with Gasteiger partial charge in [0.05, 0.1) is 6.61 Å². The fourth-order valence-electron chi connectivity index (χ4n) is 2.77. The monoisotopic (exact) mass is 295 g/mol. The number of carbonyl (C=O) groups excluding carboxylic acids is 2. The molecule has 0 spiro atoms. The number of hydrogen-bond donors (Lipinski definition) is 1. The molecule has 0 fully saturated rings. The van der Waals surface area contributed by atoms with Gasteiger partial charge in [0.2, 0.25) is 5.78 Å². The van der Waals surface area contributed by atoms with Crippen LogP contribution in [0.4, 0.5) is 0 Å². The molecule has 0 atom stereocenters. The maximum Gasteiger partial charge on any atom is 0.342 e. The number of benzene rings is 1. The van der Waals surface area contributed by atoms with Crippen molar-refractivity contribution in [2.24, 2.45) is 0 Å². The molecule has 1 N–H and O–H groups in total. The molecule has 4 nitrogen and oxygen atoms in total. The van der Waals surface area contributed by atoms with Crippen molar-refractivity contribution >= 4 is 17.3 Å². The Morgan fingerprint density at radius 3 is 2.82 bits per heavy atom. The van der Waals surface area contributed by atoms with Crippen LogP contribution in [0.1, 0.15) is 34.1 Å². The van der Waals surface area contributed by atoms with Crippen LogP contribution in [0.15, 0.2) is 42.1 Å². The van der Waals surface area contributed by atoms with Crippen LogP contribution in [-0.4, -0.2) is 23.3 Å². The molecule has 3 rings (SSSR count). The molecule has 0 radical (unpaired) electrons. The number of ether oxygens (including phenoxy) is 1. The lowest BCUT2D eigenvalue weighted by Crippen LogP contribution is -2.24. The summed E-state index contributed by atoms with van der Waals surface area (Å²) in [6.07, 6.45) is 2.32. The van der Waals surface area contributed by atoms with Gasteiger partial charge in [-0.15, -0.1) is 0 Å². The summed E-state index contributed by atoms with van der Waals surface area (Å²) < 4.78 is 5.09. The molecule has 0 unspecified atom stereocenters. The molecular formula is C18H17NO3. The zero-order chi connectivity index (χ0) is 15.7. The third-order valence-electron chi connectivity index (χ3n) is 3.81. The van der Waals surface area contributed by atoms with E-state index in [0.717, 1.165) is 16.8 Å². The van der Waals surface area contributed by atoms with E-state index in [-0.39, 0.29) is 18.0 Å². The van der Waals surface area contributed by atoms with Gasteiger partial charge in [-0.1, -0.05) is 17.7 Å². The van der Waals surface area contributed by atoms with Crippen LogP contribution in [0.5, 0.6) is 0 Å². The third kappa shape index (κ3) is 2.37. The summed E-state index contributed by atoms with van der Waals surface area (Å²) >= 11 is 0. The second kappa shape index (κ2) is 5.64. The highest BCUT2D eigenvalue weighted by atomic mass is 16.5. The number of carbonyl (C=O) groups is 2. The van der Waals surface area contributed by atoms with E-state index >= 15 is 0 Å². The second-order valence-electron chi connectivity index (χ2n) is 5.32. The Bertz CT molecular complexity index is 770. The molecule has 4 heteroatoms. The third-order valence-corrected chi connectivity index (χ3v) is 3.81. The zero-order valence-electron chi connectivity index (χ0n) is 12.6. The van der Waals surface area contributed by atoms with Gasteiger partial charge in [0.15, 0.2) is 0 Å². The minimum atomic E-state index is -0.552. The number of allylic oxidation sites excluding steroid dienone is 1. The summed E-state index contributed by atoms with van der Waals surface area (Å²) in [5, 5.41) is 0. The smallest absolute Gasteiger partial charge is 0.342 e. The first-order chi connectivity index (χ1) is 10.6. The van der Waals surface area contributed by atoms with E-state index in [0.29, 0.717) is 17.6 Å². The van der Waals surface area contributed by atoms with Gasteiger partial charge in [-0.25, -0.2) is 4.79 Å². The zero-order valence-corrected chi connectivity index (χ0v) is 12.6. The number of fused-ring (bicyclic) bond motifs is 1. The summed E-state index contributed by atoms with van der Waals surface area (Å²) in [6.45, 7) is 3.91. The maximum absolute atomic E-state index is 12.8. The van der Waals surface area contributed by atoms with Gasteiger partial charge in [0.25, 0.3) is 0 Å². The quantitative estimate of drug-likeness (QED) is 0.699. The Morgan fingerprint density at radius 1 is 1.32 bits per heavy atom. The number of nitrogens with one attached hydrogen (secondary N) is 1. The molecule has 0 amide bonds. The first-order valence-electron chi connectivity index (χ1n) is 7.30. The highest BCUT2D eigenvalue weighted by Crippen LogP contribution is 2.32. The first kappa shape index (κ1) is 14.3. The number of aromatic nitrogens is 1. The van der Waals surface area contributed by atoms with Crippen molar-refractivity contribution in [2.75, 3.05) is 6.61 Å². The minimum Gasteiger partial charge on any atom is -0.462 e. The topological polar surface area (TPSA) is 59.2 Å². The van der Waals surface area contributed by atoms with E-state index in [4.69, 9.17) is 4.74 Å². The number of aromatic amines is 1. The normalized spacial score (nSPS) is 14.0. The van der Waals surface area contributed by atoms with Gasteiger partial charge in [-0.05, 0) is 43.2 Å². The lowest BCUT2D eigenvalue weighted by molar-refractivity contribution is -0.138. The van der Waals surface area contributed by atoms with Crippen LogP contribution in [-0.2, 0) is 16.0 Å². The molecule has 0 aliphatic heterocycles. The second-order valence-corrected chi connectivity index (χ2v) is 5.32. The van der Waals surface area contributed by atoms with Crippen molar-refractivity contribution in [3.63, 3.8) is 0 Å². The van der Waals surface area contributed by atoms with E-state index in [2.05, 4.69) is 4.98 Å². The number of H-pyrrole nitrogens is 1. The van der Waals surface area contributed by atoms with Gasteiger partial charge < -0.3 is 9.72 Å². The van der Waals surface area contributed by atoms with Crippen molar-refractivity contribution in [2.45, 2.75) is 20.3 Å². The predicted octanol–water partition coefficient (Wildman–Crippen LogP) is 3.08. The van der Waals surface area contributed by atoms with Crippen LogP contribution in [0, 0.1) is 6.92 Å². The number of aryl methyl sites for hydroxylation is 1. The molecule has 0 saturated carbocycles. The molecule has 0 saturated heterocycles. The Hall–Kier alpha value is -2.62. The van der Waals surface area contributed by atoms with Crippen molar-refractivity contribution in [3.05, 3.63) is 64.5 Å². The molecule has 22 heavy (non-hydrogen) atoms. The largest absolute Gasteiger partial charge is 0.462 e. The highest BCUT2D eigenvalue weighted by Gasteiger charge is 2.32. The Labute approximate surface area is 128 Å². The summed E-state index contributed by atoms with van der Waals surface area (Å²) in [7, 11) is 0. The summed E-state index contributed by atoms with van der Waals surface area (Å²) in [6, 6.07) is 9.48. The Balaban J connectivity index is 2.17. The molecule has 1 aromatic heterocycles. The summed E-state index contributed by atoms with van der Waals surface area (Å²) in [5.74, 6) is -0.808. The number of rotatable bonds is 3. The van der Waals surface area contributed by atoms with Crippen LogP contribution in [0.2, 0.25) is 0 Å². The minimum absolute atomic E-state index is 0.141. The molecule has 1 heterocycles. The van der Waals surface area contributed by atoms with Crippen LogP contribution < -0.4 is 0 Å². The van der Waals surface area contributed by atoms with E-state index in [1.54, 1.807) is 13.1 Å². The van der Waals surface area contributed by atoms with Crippen molar-refractivity contribution in [1.29, 1.82) is 0 Å². The number of esters is 1. The first-order valence-corrected chi connectivity index (χ1v) is 7.30. The summed E-state index contributed by atoms with van der Waals surface area (Å²) in [4.78, 5) is 28.2. The predicted molar refractivity (Wildman–Crippen MR) is 83.6 cm³/mol. The average Bonchev–Trinajstić information content (AvgIpc) is 3.02. The van der Waals surface area contributed by atoms with Crippen LogP contribution in [0.25, 0.3) is 5.57 Å². The molecular weight excluding hydrogens is 278 g/mol. The molecule has 112 valence electrons. The SMILES string of the molecule is CCOC(=O)C1=C(c2ccc[nH]2)Cc2ccc(C)cc2C1=O. The fraction of sp³-hybridized carbons (Fsp3) is 0.222. The van der Waals surface area contributed by atoms with Crippen molar-refractivity contribution in [1.82, 2.24) is 4.98 Å². The van der Waals surface area contributed by atoms with E-state index < -0.39 is 5.97 Å². The molecule has 2 aromatic rings. The van der Waals surface area contributed by atoms with Gasteiger partial charge in [-0.3, -0.25) is 4.79 Å². The number of Topliss-reactive ketones (excluding diaryl/α,β-unsaturated/α-hetero) is 1. The number of hydrogen-bond acceptors (Lipinski definition) is 3. The molecule has 1 aliphatic carbocycles. The van der Waals surface area contributed by atoms with Crippen LogP contribution in [0.3, 0.4) is 0 Å². The highest BCUT2D eigenvalue weighted by molar-refractivity contribution is 6.30. The lowest BCUT2D eigenvalue weighted by atomic mass is 9.83. The lowest BCUT2D eigenvalue weighted by Gasteiger charge is -2.21. The van der Waals surface area contributed by atoms with Gasteiger partial charge >= 0.3 is 5.97 Å². The Morgan fingerprint density at radius 2 is 2.14 bits per heavy atom. The standard InChI is InChI=1S/C18H17NO3/c1-3-22-18(21)16-14(15-5-4-8-19-15)10-12-7-6-11(2)9-13(12)17(16)20/h4-9,19H,3,10H2,1-2H3. The maximum atomic E-state index is 12.8. The average molecular weight is 295 g/mol. The van der Waals surface area contributed by atoms with E-state index in [1.807, 2.05) is 37.3 Å². The summed E-state index contributed by atoms with van der Waals surface area (Å²) in [5.41, 5.74) is 4.15. The van der Waals surface area contributed by atoms with Gasteiger partial charge in [0, 0.05) is 23.9 Å². The van der Waals surface area contributed by atoms with Crippen LogP contribution >= 0.6 is 0 Å². The molecule has 1 aromatic carbocycles. The van der Waals surface area contributed by atoms with E-state index in [9.17, 15) is 9.59 Å². The molecule has 1 aliphatic rings.